The Morgan fingerprint density at radius 2 is 1.76 bits per heavy atom. The summed E-state index contributed by atoms with van der Waals surface area (Å²) in [5.41, 5.74) is 4.14. The minimum absolute atomic E-state index is 0.712. The van der Waals surface area contributed by atoms with Gasteiger partial charge in [-0.1, -0.05) is 12.1 Å². The van der Waals surface area contributed by atoms with Crippen LogP contribution in [0, 0.1) is 0 Å². The first kappa shape index (κ1) is 11.9. The molecular weight excluding hydrogens is 264 g/mol. The summed E-state index contributed by atoms with van der Waals surface area (Å²) < 4.78 is 11.1. The summed E-state index contributed by atoms with van der Waals surface area (Å²) in [6, 6.07) is 15.6. The number of nitrogens with zero attached hydrogens (tertiary/aromatic N) is 2. The highest BCUT2D eigenvalue weighted by molar-refractivity contribution is 6.06. The molecule has 2 aromatic heterocycles. The lowest BCUT2D eigenvalue weighted by Gasteiger charge is -2.03. The van der Waals surface area contributed by atoms with E-state index in [1.54, 1.807) is 13.4 Å². The van der Waals surface area contributed by atoms with E-state index in [9.17, 15) is 0 Å². The second-order valence-corrected chi connectivity index (χ2v) is 4.73. The van der Waals surface area contributed by atoms with Crippen LogP contribution in [0.2, 0.25) is 0 Å². The molecule has 4 nitrogen and oxygen atoms in total. The fourth-order valence-electron chi connectivity index (χ4n) is 2.48. The molecule has 0 atom stereocenters. The zero-order valence-corrected chi connectivity index (χ0v) is 11.4. The highest BCUT2D eigenvalue weighted by Gasteiger charge is 2.13. The summed E-state index contributed by atoms with van der Waals surface area (Å²) in [6.07, 6.45) is 1.57. The van der Waals surface area contributed by atoms with Crippen molar-refractivity contribution in [2.24, 2.45) is 0 Å². The van der Waals surface area contributed by atoms with Gasteiger partial charge in [0.1, 0.15) is 28.9 Å². The van der Waals surface area contributed by atoms with E-state index in [4.69, 9.17) is 9.15 Å². The van der Waals surface area contributed by atoms with E-state index in [0.29, 0.717) is 5.58 Å². The van der Waals surface area contributed by atoms with Gasteiger partial charge in [-0.15, -0.1) is 0 Å². The second kappa shape index (κ2) is 4.59. The quantitative estimate of drug-likeness (QED) is 0.554. The maximum absolute atomic E-state index is 5.94. The second-order valence-electron chi connectivity index (χ2n) is 4.73. The van der Waals surface area contributed by atoms with E-state index >= 15 is 0 Å². The van der Waals surface area contributed by atoms with Crippen molar-refractivity contribution in [1.82, 2.24) is 9.97 Å². The first-order valence-corrected chi connectivity index (χ1v) is 6.63. The molecule has 0 saturated carbocycles. The first-order valence-electron chi connectivity index (χ1n) is 6.63. The lowest BCUT2D eigenvalue weighted by Crippen LogP contribution is -1.87. The van der Waals surface area contributed by atoms with Crippen molar-refractivity contribution >= 4 is 22.1 Å². The van der Waals surface area contributed by atoms with Crippen LogP contribution in [0.4, 0.5) is 0 Å². The van der Waals surface area contributed by atoms with Crippen molar-refractivity contribution in [3.8, 4) is 17.0 Å². The predicted molar refractivity (Wildman–Crippen MR) is 81.3 cm³/mol. The third-order valence-corrected chi connectivity index (χ3v) is 3.52. The summed E-state index contributed by atoms with van der Waals surface area (Å²) >= 11 is 0. The lowest BCUT2D eigenvalue weighted by molar-refractivity contribution is 0.415. The summed E-state index contributed by atoms with van der Waals surface area (Å²) in [4.78, 5) is 8.74. The Hall–Kier alpha value is -2.88. The average Bonchev–Trinajstić information content (AvgIpc) is 2.94. The molecule has 102 valence electrons. The van der Waals surface area contributed by atoms with Gasteiger partial charge < -0.3 is 9.15 Å². The molecule has 0 radical (unpaired) electrons. The van der Waals surface area contributed by atoms with E-state index in [-0.39, 0.29) is 0 Å². The summed E-state index contributed by atoms with van der Waals surface area (Å²) in [7, 11) is 1.65. The molecule has 4 rings (SSSR count). The summed E-state index contributed by atoms with van der Waals surface area (Å²) in [5, 5.41) is 1.00. The van der Waals surface area contributed by atoms with Crippen LogP contribution in [-0.2, 0) is 0 Å². The van der Waals surface area contributed by atoms with Gasteiger partial charge in [-0.3, -0.25) is 0 Å². The Labute approximate surface area is 121 Å². The average molecular weight is 276 g/mol. The number of aromatic nitrogens is 2. The molecule has 0 spiro atoms. The normalized spacial score (nSPS) is 11.1. The third-order valence-electron chi connectivity index (χ3n) is 3.52. The fraction of sp³-hybridized carbons (Fsp3) is 0.0588. The Kier molecular flexibility index (Phi) is 2.60. The van der Waals surface area contributed by atoms with E-state index in [1.807, 2.05) is 48.5 Å². The molecule has 0 aliphatic rings. The topological polar surface area (TPSA) is 48.2 Å². The largest absolute Gasteiger partial charge is 0.497 e. The number of hydrogen-bond acceptors (Lipinski definition) is 4. The Balaban J connectivity index is 1.99. The minimum atomic E-state index is 0.712. The number of methoxy groups -OCH3 is 1. The minimum Gasteiger partial charge on any atom is -0.497 e. The smallest absolute Gasteiger partial charge is 0.180 e. The molecule has 21 heavy (non-hydrogen) atoms. The first-order chi connectivity index (χ1) is 10.4. The van der Waals surface area contributed by atoms with E-state index in [1.165, 1.54) is 0 Å². The van der Waals surface area contributed by atoms with Crippen molar-refractivity contribution in [2.75, 3.05) is 7.11 Å². The number of benzene rings is 2. The van der Waals surface area contributed by atoms with Crippen molar-refractivity contribution in [2.45, 2.75) is 0 Å². The van der Waals surface area contributed by atoms with Gasteiger partial charge in [0.25, 0.3) is 0 Å². The van der Waals surface area contributed by atoms with Crippen LogP contribution in [0.5, 0.6) is 5.75 Å². The molecule has 2 heterocycles. The predicted octanol–water partition coefficient (Wildman–Crippen LogP) is 4.05. The van der Waals surface area contributed by atoms with E-state index in [0.717, 1.165) is 33.5 Å². The molecule has 0 amide bonds. The summed E-state index contributed by atoms with van der Waals surface area (Å²) in [5.74, 6) is 0.814. The number of hydrogen-bond donors (Lipinski definition) is 0. The molecule has 0 aliphatic carbocycles. The van der Waals surface area contributed by atoms with Gasteiger partial charge in [0.2, 0.25) is 0 Å². The molecule has 2 aromatic carbocycles. The van der Waals surface area contributed by atoms with Crippen LogP contribution in [-0.4, -0.2) is 17.1 Å². The third kappa shape index (κ3) is 1.84. The van der Waals surface area contributed by atoms with Crippen molar-refractivity contribution in [3.05, 3.63) is 54.9 Å². The van der Waals surface area contributed by atoms with Crippen LogP contribution < -0.4 is 4.74 Å². The molecule has 0 fully saturated rings. The van der Waals surface area contributed by atoms with Crippen LogP contribution >= 0.6 is 0 Å². The maximum Gasteiger partial charge on any atom is 0.180 e. The fourth-order valence-corrected chi connectivity index (χ4v) is 2.48. The maximum atomic E-state index is 5.94. The Morgan fingerprint density at radius 1 is 0.952 bits per heavy atom. The zero-order valence-electron chi connectivity index (χ0n) is 11.4. The van der Waals surface area contributed by atoms with Gasteiger partial charge in [0.15, 0.2) is 5.58 Å². The SMILES string of the molecule is COc1ccc(-c2ncnc3c2oc2ccccc23)cc1. The summed E-state index contributed by atoms with van der Waals surface area (Å²) in [6.45, 7) is 0. The highest BCUT2D eigenvalue weighted by atomic mass is 16.5. The molecule has 0 N–H and O–H groups in total. The Bertz CT molecular complexity index is 926. The van der Waals surface area contributed by atoms with Gasteiger partial charge in [-0.2, -0.15) is 0 Å². The van der Waals surface area contributed by atoms with Gasteiger partial charge in [0, 0.05) is 10.9 Å². The molecule has 0 saturated heterocycles. The lowest BCUT2D eigenvalue weighted by atomic mass is 10.1. The molecule has 0 unspecified atom stereocenters. The number of ether oxygens (including phenoxy) is 1. The van der Waals surface area contributed by atoms with Crippen LogP contribution in [0.3, 0.4) is 0 Å². The van der Waals surface area contributed by atoms with Crippen LogP contribution in [0.15, 0.2) is 59.3 Å². The van der Waals surface area contributed by atoms with Gasteiger partial charge in [0.05, 0.1) is 7.11 Å². The molecular formula is C17H12N2O2. The van der Waals surface area contributed by atoms with Gasteiger partial charge in [-0.05, 0) is 36.4 Å². The number of para-hydroxylation sites is 1. The van der Waals surface area contributed by atoms with Crippen LogP contribution in [0.1, 0.15) is 0 Å². The van der Waals surface area contributed by atoms with Crippen molar-refractivity contribution in [1.29, 1.82) is 0 Å². The van der Waals surface area contributed by atoms with Gasteiger partial charge >= 0.3 is 0 Å². The van der Waals surface area contributed by atoms with Crippen molar-refractivity contribution < 1.29 is 9.15 Å². The van der Waals surface area contributed by atoms with Crippen molar-refractivity contribution in [3.63, 3.8) is 0 Å². The number of fused-ring (bicyclic) bond motifs is 3. The van der Waals surface area contributed by atoms with Gasteiger partial charge in [-0.25, -0.2) is 9.97 Å². The molecule has 0 aliphatic heterocycles. The molecule has 4 aromatic rings. The number of rotatable bonds is 2. The standard InChI is InChI=1S/C17H12N2O2/c1-20-12-8-6-11(7-9-12)15-17-16(19-10-18-15)13-4-2-3-5-14(13)21-17/h2-10H,1H3. The molecule has 4 heteroatoms. The number of furan rings is 1. The zero-order chi connectivity index (χ0) is 14.2. The highest BCUT2D eigenvalue weighted by Crippen LogP contribution is 2.33. The van der Waals surface area contributed by atoms with E-state index in [2.05, 4.69) is 9.97 Å². The Morgan fingerprint density at radius 3 is 2.57 bits per heavy atom. The van der Waals surface area contributed by atoms with E-state index < -0.39 is 0 Å². The molecule has 0 bridgehead atoms. The monoisotopic (exact) mass is 276 g/mol. The van der Waals surface area contributed by atoms with Crippen LogP contribution in [0.25, 0.3) is 33.3 Å².